The van der Waals surface area contributed by atoms with Gasteiger partial charge in [-0.15, -0.1) is 0 Å². The monoisotopic (exact) mass is 402 g/mol. The van der Waals surface area contributed by atoms with Gasteiger partial charge in [-0.25, -0.2) is 4.79 Å². The first-order valence-corrected chi connectivity index (χ1v) is 8.54. The van der Waals surface area contributed by atoms with Gasteiger partial charge in [0.2, 0.25) is 0 Å². The fraction of sp³-hybridized carbons (Fsp3) is 0.150. The molecule has 0 saturated heterocycles. The Kier molecular flexibility index (Phi) is 7.29. The van der Waals surface area contributed by atoms with Crippen LogP contribution in [0.25, 0.3) is 6.08 Å². The van der Waals surface area contributed by atoms with E-state index in [0.717, 1.165) is 11.3 Å². The lowest BCUT2D eigenvalue weighted by molar-refractivity contribution is -0.135. The van der Waals surface area contributed by atoms with Gasteiger partial charge in [-0.05, 0) is 58.8 Å². The van der Waals surface area contributed by atoms with Crippen molar-refractivity contribution < 1.29 is 19.0 Å². The number of hydrogen-bond acceptors (Lipinski definition) is 4. The molecule has 0 N–H and O–H groups in total. The van der Waals surface area contributed by atoms with Crippen molar-refractivity contribution in [1.29, 1.82) is 0 Å². The number of ether oxygens (including phenoxy) is 3. The highest BCUT2D eigenvalue weighted by atomic mass is 79.9. The van der Waals surface area contributed by atoms with Gasteiger partial charge >= 0.3 is 5.97 Å². The standard InChI is InChI=1S/C20H19BrO4/c1-3-24-14-18(20(22)23-2)19(21)13-15-8-7-11-17(12-15)25-16-9-5-4-6-10-16/h4-14H,3H2,1-2H3/b18-14-,19-13+. The van der Waals surface area contributed by atoms with Crippen molar-refractivity contribution >= 4 is 28.0 Å². The average molecular weight is 403 g/mol. The molecule has 0 amide bonds. The maximum atomic E-state index is 11.9. The smallest absolute Gasteiger partial charge is 0.342 e. The number of carbonyl (C=O) groups is 1. The summed E-state index contributed by atoms with van der Waals surface area (Å²) >= 11 is 3.42. The van der Waals surface area contributed by atoms with Crippen LogP contribution in [0.5, 0.6) is 11.5 Å². The van der Waals surface area contributed by atoms with Crippen LogP contribution in [0, 0.1) is 0 Å². The lowest BCUT2D eigenvalue weighted by atomic mass is 10.1. The molecule has 0 heterocycles. The molecule has 0 saturated carbocycles. The largest absolute Gasteiger partial charge is 0.501 e. The summed E-state index contributed by atoms with van der Waals surface area (Å²) in [6.45, 7) is 2.30. The van der Waals surface area contributed by atoms with E-state index < -0.39 is 5.97 Å². The van der Waals surface area contributed by atoms with Gasteiger partial charge in [-0.1, -0.05) is 30.3 Å². The molecule has 5 heteroatoms. The molecule has 0 aliphatic carbocycles. The Bertz CT molecular complexity index is 766. The number of halogens is 1. The fourth-order valence-electron chi connectivity index (χ4n) is 2.00. The molecule has 0 aliphatic heterocycles. The first-order chi connectivity index (χ1) is 12.1. The molecular weight excluding hydrogens is 384 g/mol. The molecule has 2 rings (SSSR count). The van der Waals surface area contributed by atoms with E-state index in [0.29, 0.717) is 22.4 Å². The van der Waals surface area contributed by atoms with Crippen LogP contribution in [-0.2, 0) is 14.3 Å². The molecule has 4 nitrogen and oxygen atoms in total. The van der Waals surface area contributed by atoms with Crippen molar-refractivity contribution in [3.63, 3.8) is 0 Å². The lowest BCUT2D eigenvalue weighted by Crippen LogP contribution is -2.05. The molecule has 0 bridgehead atoms. The molecule has 0 unspecified atom stereocenters. The minimum atomic E-state index is -0.478. The predicted octanol–water partition coefficient (Wildman–Crippen LogP) is 5.31. The summed E-state index contributed by atoms with van der Waals surface area (Å²) in [5, 5.41) is 0. The number of hydrogen-bond donors (Lipinski definition) is 0. The van der Waals surface area contributed by atoms with Gasteiger partial charge in [0.05, 0.1) is 20.0 Å². The van der Waals surface area contributed by atoms with Crippen LogP contribution in [0.3, 0.4) is 0 Å². The molecule has 0 atom stereocenters. The van der Waals surface area contributed by atoms with Crippen molar-refractivity contribution in [3.8, 4) is 11.5 Å². The van der Waals surface area contributed by atoms with Crippen molar-refractivity contribution in [2.75, 3.05) is 13.7 Å². The van der Waals surface area contributed by atoms with Crippen LogP contribution < -0.4 is 4.74 Å². The molecule has 0 radical (unpaired) electrons. The normalized spacial score (nSPS) is 11.8. The maximum absolute atomic E-state index is 11.9. The molecule has 0 fully saturated rings. The van der Waals surface area contributed by atoms with Crippen LogP contribution in [0.4, 0.5) is 0 Å². The summed E-state index contributed by atoms with van der Waals surface area (Å²) in [4.78, 5) is 11.9. The van der Waals surface area contributed by atoms with Crippen molar-refractivity contribution in [1.82, 2.24) is 0 Å². The first-order valence-electron chi connectivity index (χ1n) is 7.74. The van der Waals surface area contributed by atoms with Gasteiger partial charge in [-0.3, -0.25) is 0 Å². The molecule has 0 aliphatic rings. The molecule has 0 spiro atoms. The third-order valence-corrected chi connectivity index (χ3v) is 3.82. The quantitative estimate of drug-likeness (QED) is 0.272. The van der Waals surface area contributed by atoms with E-state index >= 15 is 0 Å². The van der Waals surface area contributed by atoms with E-state index in [9.17, 15) is 4.79 Å². The Morgan fingerprint density at radius 3 is 2.48 bits per heavy atom. The zero-order chi connectivity index (χ0) is 18.1. The molecule has 2 aromatic rings. The highest BCUT2D eigenvalue weighted by molar-refractivity contribution is 9.12. The van der Waals surface area contributed by atoms with E-state index in [2.05, 4.69) is 15.9 Å². The Hall–Kier alpha value is -2.53. The number of benzene rings is 2. The van der Waals surface area contributed by atoms with E-state index in [1.807, 2.05) is 61.5 Å². The maximum Gasteiger partial charge on any atom is 0.342 e. The van der Waals surface area contributed by atoms with Gasteiger partial charge < -0.3 is 14.2 Å². The van der Waals surface area contributed by atoms with Crippen LogP contribution >= 0.6 is 15.9 Å². The number of carbonyl (C=O) groups excluding carboxylic acids is 1. The molecule has 25 heavy (non-hydrogen) atoms. The minimum absolute atomic E-state index is 0.304. The lowest BCUT2D eigenvalue weighted by Gasteiger charge is -2.07. The SMILES string of the molecule is CCO/C=C(C(=O)OC)/C(Br)=C\c1cccc(Oc2ccccc2)c1. The summed E-state index contributed by atoms with van der Waals surface area (Å²) in [5.74, 6) is 0.983. The predicted molar refractivity (Wildman–Crippen MR) is 102 cm³/mol. The first kappa shape index (κ1) is 18.8. The number of methoxy groups -OCH3 is 1. The highest BCUT2D eigenvalue weighted by Crippen LogP contribution is 2.26. The van der Waals surface area contributed by atoms with Gasteiger partial charge in [0, 0.05) is 4.48 Å². The number of rotatable bonds is 7. The summed E-state index contributed by atoms with van der Waals surface area (Å²) in [6.07, 6.45) is 3.19. The third kappa shape index (κ3) is 5.80. The van der Waals surface area contributed by atoms with Gasteiger partial charge in [0.15, 0.2) is 0 Å². The van der Waals surface area contributed by atoms with Crippen molar-refractivity contribution in [2.45, 2.75) is 6.92 Å². The number of para-hydroxylation sites is 1. The van der Waals surface area contributed by atoms with E-state index in [1.165, 1.54) is 13.4 Å². The van der Waals surface area contributed by atoms with Gasteiger partial charge in [0.25, 0.3) is 0 Å². The molecular formula is C20H19BrO4. The van der Waals surface area contributed by atoms with E-state index in [1.54, 1.807) is 6.08 Å². The van der Waals surface area contributed by atoms with Gasteiger partial charge in [-0.2, -0.15) is 0 Å². The Morgan fingerprint density at radius 1 is 1.08 bits per heavy atom. The molecule has 0 aromatic heterocycles. The second-order valence-electron chi connectivity index (χ2n) is 4.96. The zero-order valence-electron chi connectivity index (χ0n) is 14.1. The average Bonchev–Trinajstić information content (AvgIpc) is 2.63. The van der Waals surface area contributed by atoms with Crippen LogP contribution in [-0.4, -0.2) is 19.7 Å². The van der Waals surface area contributed by atoms with Crippen LogP contribution in [0.2, 0.25) is 0 Å². The molecule has 2 aromatic carbocycles. The summed E-state index contributed by atoms with van der Waals surface area (Å²) in [5.41, 5.74) is 1.17. The fourth-order valence-corrected chi connectivity index (χ4v) is 2.51. The van der Waals surface area contributed by atoms with Gasteiger partial charge in [0.1, 0.15) is 17.1 Å². The summed E-state index contributed by atoms with van der Waals surface area (Å²) < 4.78 is 16.4. The molecule has 130 valence electrons. The zero-order valence-corrected chi connectivity index (χ0v) is 15.7. The summed E-state index contributed by atoms with van der Waals surface area (Å²) in [7, 11) is 1.33. The second kappa shape index (κ2) is 9.69. The number of esters is 1. The topological polar surface area (TPSA) is 44.8 Å². The minimum Gasteiger partial charge on any atom is -0.501 e. The Balaban J connectivity index is 2.23. The Labute approximate surface area is 155 Å². The van der Waals surface area contributed by atoms with E-state index in [-0.39, 0.29) is 0 Å². The van der Waals surface area contributed by atoms with Crippen molar-refractivity contribution in [3.05, 3.63) is 76.5 Å². The summed E-state index contributed by atoms with van der Waals surface area (Å²) in [6, 6.07) is 17.1. The highest BCUT2D eigenvalue weighted by Gasteiger charge is 2.14. The van der Waals surface area contributed by atoms with E-state index in [4.69, 9.17) is 14.2 Å². The Morgan fingerprint density at radius 2 is 1.80 bits per heavy atom. The second-order valence-corrected chi connectivity index (χ2v) is 5.81. The third-order valence-electron chi connectivity index (χ3n) is 3.16. The van der Waals surface area contributed by atoms with Crippen LogP contribution in [0.1, 0.15) is 12.5 Å². The van der Waals surface area contributed by atoms with Crippen LogP contribution in [0.15, 0.2) is 70.9 Å². The van der Waals surface area contributed by atoms with Crippen molar-refractivity contribution in [2.24, 2.45) is 0 Å².